The molecule has 0 saturated heterocycles. The Kier molecular flexibility index (Phi) is 5.49. The standard InChI is InChI=1S/C16H21N3S/c1-18-16(20-2)19(14-6-4-3-5-7-14)15-10-8-13(12-17)9-11-15/h8-11,14H,3-7H2,1-2H3. The lowest BCUT2D eigenvalue weighted by molar-refractivity contribution is 0.441. The number of anilines is 1. The summed E-state index contributed by atoms with van der Waals surface area (Å²) in [6.45, 7) is 0. The van der Waals surface area contributed by atoms with Crippen molar-refractivity contribution < 1.29 is 0 Å². The van der Waals surface area contributed by atoms with Crippen LogP contribution in [0.15, 0.2) is 29.3 Å². The van der Waals surface area contributed by atoms with E-state index < -0.39 is 0 Å². The number of thioether (sulfide) groups is 1. The van der Waals surface area contributed by atoms with E-state index in [4.69, 9.17) is 5.26 Å². The highest BCUT2D eigenvalue weighted by Gasteiger charge is 2.24. The maximum atomic E-state index is 8.93. The molecule has 20 heavy (non-hydrogen) atoms. The second kappa shape index (κ2) is 7.35. The van der Waals surface area contributed by atoms with E-state index in [-0.39, 0.29) is 0 Å². The highest BCUT2D eigenvalue weighted by atomic mass is 32.2. The van der Waals surface area contributed by atoms with Gasteiger partial charge in [0.25, 0.3) is 0 Å². The highest BCUT2D eigenvalue weighted by Crippen LogP contribution is 2.29. The molecule has 3 nitrogen and oxygen atoms in total. The first-order valence-corrected chi connectivity index (χ1v) is 8.32. The second-order valence-electron chi connectivity index (χ2n) is 5.03. The maximum Gasteiger partial charge on any atom is 0.163 e. The number of nitrogens with zero attached hydrogens (tertiary/aromatic N) is 3. The summed E-state index contributed by atoms with van der Waals surface area (Å²) in [4.78, 5) is 6.79. The van der Waals surface area contributed by atoms with Crippen LogP contribution >= 0.6 is 11.8 Å². The molecule has 1 fully saturated rings. The Labute approximate surface area is 125 Å². The first-order valence-electron chi connectivity index (χ1n) is 7.10. The molecule has 1 aromatic carbocycles. The quantitative estimate of drug-likeness (QED) is 0.608. The molecule has 1 saturated carbocycles. The van der Waals surface area contributed by atoms with Gasteiger partial charge in [0.1, 0.15) is 0 Å². The minimum Gasteiger partial charge on any atom is -0.318 e. The summed E-state index contributed by atoms with van der Waals surface area (Å²) >= 11 is 1.69. The van der Waals surface area contributed by atoms with Gasteiger partial charge in [0.15, 0.2) is 5.17 Å². The van der Waals surface area contributed by atoms with Gasteiger partial charge in [0, 0.05) is 18.8 Å². The third kappa shape index (κ3) is 3.34. The van der Waals surface area contributed by atoms with E-state index in [1.165, 1.54) is 32.1 Å². The molecule has 0 atom stereocenters. The molecule has 0 radical (unpaired) electrons. The van der Waals surface area contributed by atoms with Crippen molar-refractivity contribution in [2.24, 2.45) is 4.99 Å². The van der Waals surface area contributed by atoms with Gasteiger partial charge in [-0.15, -0.1) is 0 Å². The normalized spacial score (nSPS) is 16.8. The molecule has 106 valence electrons. The van der Waals surface area contributed by atoms with Gasteiger partial charge in [0.2, 0.25) is 0 Å². The zero-order valence-electron chi connectivity index (χ0n) is 12.2. The minimum absolute atomic E-state index is 0.530. The smallest absolute Gasteiger partial charge is 0.163 e. The van der Waals surface area contributed by atoms with Crippen LogP contribution in [0.1, 0.15) is 37.7 Å². The van der Waals surface area contributed by atoms with Crippen LogP contribution < -0.4 is 4.90 Å². The fourth-order valence-electron chi connectivity index (χ4n) is 2.81. The number of nitriles is 1. The Morgan fingerprint density at radius 1 is 1.25 bits per heavy atom. The van der Waals surface area contributed by atoms with Crippen molar-refractivity contribution in [1.82, 2.24) is 0 Å². The van der Waals surface area contributed by atoms with E-state index in [1.54, 1.807) is 11.8 Å². The molecule has 0 N–H and O–H groups in total. The summed E-state index contributed by atoms with van der Waals surface area (Å²) in [5.41, 5.74) is 1.85. The van der Waals surface area contributed by atoms with Crippen molar-refractivity contribution in [3.8, 4) is 6.07 Å². The summed E-state index contributed by atoms with van der Waals surface area (Å²) in [7, 11) is 1.85. The predicted octanol–water partition coefficient (Wildman–Crippen LogP) is 4.05. The van der Waals surface area contributed by atoms with E-state index in [1.807, 2.05) is 31.3 Å². The van der Waals surface area contributed by atoms with E-state index in [2.05, 4.69) is 22.2 Å². The lowest BCUT2D eigenvalue weighted by Crippen LogP contribution is -2.40. The van der Waals surface area contributed by atoms with Crippen LogP contribution in [0.4, 0.5) is 5.69 Å². The molecule has 0 spiro atoms. The van der Waals surface area contributed by atoms with Crippen LogP contribution in [-0.2, 0) is 0 Å². The zero-order chi connectivity index (χ0) is 14.4. The van der Waals surface area contributed by atoms with Gasteiger partial charge in [0.05, 0.1) is 11.6 Å². The second-order valence-corrected chi connectivity index (χ2v) is 5.80. The number of aliphatic imine (C=N–C) groups is 1. The van der Waals surface area contributed by atoms with Gasteiger partial charge < -0.3 is 4.90 Å². The molecular formula is C16H21N3S. The molecule has 0 amide bonds. The fourth-order valence-corrected chi connectivity index (χ4v) is 3.44. The van der Waals surface area contributed by atoms with Gasteiger partial charge in [-0.1, -0.05) is 31.0 Å². The Hall–Kier alpha value is -1.47. The largest absolute Gasteiger partial charge is 0.318 e. The van der Waals surface area contributed by atoms with Gasteiger partial charge >= 0.3 is 0 Å². The lowest BCUT2D eigenvalue weighted by Gasteiger charge is -2.36. The maximum absolute atomic E-state index is 8.93. The fraction of sp³-hybridized carbons (Fsp3) is 0.500. The van der Waals surface area contributed by atoms with Crippen LogP contribution in [0.25, 0.3) is 0 Å². The SMILES string of the molecule is CN=C(SC)N(c1ccc(C#N)cc1)C1CCCCC1. The third-order valence-corrected chi connectivity index (χ3v) is 4.54. The highest BCUT2D eigenvalue weighted by molar-refractivity contribution is 8.13. The van der Waals surface area contributed by atoms with Crippen LogP contribution in [-0.4, -0.2) is 24.5 Å². The summed E-state index contributed by atoms with van der Waals surface area (Å²) in [5, 5.41) is 9.98. The molecule has 0 heterocycles. The molecule has 4 heteroatoms. The molecule has 1 aliphatic carbocycles. The Bertz CT molecular complexity index is 495. The molecule has 0 unspecified atom stereocenters. The van der Waals surface area contributed by atoms with Crippen molar-refractivity contribution in [3.63, 3.8) is 0 Å². The Morgan fingerprint density at radius 3 is 2.40 bits per heavy atom. The molecule has 0 bridgehead atoms. The van der Waals surface area contributed by atoms with E-state index in [0.717, 1.165) is 10.9 Å². The van der Waals surface area contributed by atoms with Gasteiger partial charge in [-0.2, -0.15) is 5.26 Å². The van der Waals surface area contributed by atoms with Crippen molar-refractivity contribution >= 4 is 22.6 Å². The van der Waals surface area contributed by atoms with Crippen molar-refractivity contribution in [1.29, 1.82) is 5.26 Å². The van der Waals surface area contributed by atoms with E-state index >= 15 is 0 Å². The minimum atomic E-state index is 0.530. The molecule has 1 aromatic rings. The van der Waals surface area contributed by atoms with Crippen molar-refractivity contribution in [2.45, 2.75) is 38.1 Å². The zero-order valence-corrected chi connectivity index (χ0v) is 13.0. The predicted molar refractivity (Wildman–Crippen MR) is 87.4 cm³/mol. The van der Waals surface area contributed by atoms with Gasteiger partial charge in [-0.3, -0.25) is 4.99 Å². The van der Waals surface area contributed by atoms with Crippen molar-refractivity contribution in [2.75, 3.05) is 18.2 Å². The summed E-state index contributed by atoms with van der Waals surface area (Å²) < 4.78 is 0. The molecule has 1 aliphatic rings. The monoisotopic (exact) mass is 287 g/mol. The Morgan fingerprint density at radius 2 is 1.90 bits per heavy atom. The summed E-state index contributed by atoms with van der Waals surface area (Å²) in [6, 6.07) is 10.6. The van der Waals surface area contributed by atoms with E-state index in [0.29, 0.717) is 11.6 Å². The average Bonchev–Trinajstić information content (AvgIpc) is 2.53. The number of benzene rings is 1. The topological polar surface area (TPSA) is 39.4 Å². The third-order valence-electron chi connectivity index (χ3n) is 3.79. The lowest BCUT2D eigenvalue weighted by atomic mass is 9.94. The van der Waals surface area contributed by atoms with Crippen LogP contribution in [0.3, 0.4) is 0 Å². The number of hydrogen-bond acceptors (Lipinski definition) is 3. The summed E-state index contributed by atoms with van der Waals surface area (Å²) in [5.74, 6) is 0. The first-order chi connectivity index (χ1) is 9.80. The van der Waals surface area contributed by atoms with Crippen LogP contribution in [0.5, 0.6) is 0 Å². The van der Waals surface area contributed by atoms with Crippen LogP contribution in [0, 0.1) is 11.3 Å². The number of hydrogen-bond donors (Lipinski definition) is 0. The molecule has 0 aromatic heterocycles. The molecular weight excluding hydrogens is 266 g/mol. The number of amidine groups is 1. The summed E-state index contributed by atoms with van der Waals surface area (Å²) in [6.07, 6.45) is 8.45. The van der Waals surface area contributed by atoms with Gasteiger partial charge in [-0.25, -0.2) is 0 Å². The van der Waals surface area contributed by atoms with Crippen molar-refractivity contribution in [3.05, 3.63) is 29.8 Å². The Balaban J connectivity index is 2.31. The molecule has 2 rings (SSSR count). The molecule has 0 aliphatic heterocycles. The van der Waals surface area contributed by atoms with E-state index in [9.17, 15) is 0 Å². The van der Waals surface area contributed by atoms with Gasteiger partial charge in [-0.05, 0) is 43.4 Å². The average molecular weight is 287 g/mol. The first kappa shape index (κ1) is 14.9. The van der Waals surface area contributed by atoms with Crippen LogP contribution in [0.2, 0.25) is 0 Å². The number of rotatable bonds is 2.